The van der Waals surface area contributed by atoms with Gasteiger partial charge in [0, 0.05) is 5.39 Å². The largest absolute Gasteiger partial charge is 0.464 e. The van der Waals surface area contributed by atoms with Crippen molar-refractivity contribution in [1.29, 1.82) is 0 Å². The summed E-state index contributed by atoms with van der Waals surface area (Å²) in [6, 6.07) is 22.3. The molecule has 0 aliphatic rings. The van der Waals surface area contributed by atoms with Gasteiger partial charge in [-0.2, -0.15) is 0 Å². The van der Waals surface area contributed by atoms with Gasteiger partial charge in [0.2, 0.25) is 0 Å². The van der Waals surface area contributed by atoms with E-state index in [-0.39, 0.29) is 22.3 Å². The fourth-order valence-electron chi connectivity index (χ4n) is 4.75. The van der Waals surface area contributed by atoms with Crippen LogP contribution in [0, 0.1) is 0 Å². The second-order valence-electron chi connectivity index (χ2n) is 9.59. The molecule has 0 atom stereocenters. The fraction of sp³-hybridized carbons (Fsp3) is 0. The molecule has 0 amide bonds. The Balaban J connectivity index is 1.73. The average Bonchev–Trinajstić information content (AvgIpc) is 3.33. The van der Waals surface area contributed by atoms with Crippen LogP contribution in [0.25, 0.3) is 55.6 Å². The molecule has 45 heavy (non-hydrogen) atoms. The summed E-state index contributed by atoms with van der Waals surface area (Å²) in [5, 5.41) is 1.61. The van der Waals surface area contributed by atoms with Crippen molar-refractivity contribution in [2.45, 2.75) is 0 Å². The highest BCUT2D eigenvalue weighted by Crippen LogP contribution is 2.37. The van der Waals surface area contributed by atoms with Crippen LogP contribution >= 0.6 is 0 Å². The first kappa shape index (κ1) is 16.8. The number of fused-ring (bicyclic) bond motifs is 2. The van der Waals surface area contributed by atoms with Crippen LogP contribution in [0.4, 0.5) is 0 Å². The third-order valence-corrected chi connectivity index (χ3v) is 6.77. The highest BCUT2D eigenvalue weighted by atomic mass is 16.3. The number of hydrogen-bond donors (Lipinski definition) is 0. The van der Waals surface area contributed by atoms with Gasteiger partial charge in [-0.25, -0.2) is 0 Å². The van der Waals surface area contributed by atoms with Gasteiger partial charge in [-0.3, -0.25) is 0 Å². The third-order valence-electron chi connectivity index (χ3n) is 6.77. The topological polar surface area (TPSA) is 13.1 Å². The standard InChI is InChI=1S/C44H34O/c1-34(19-12-13-22-35-20-6-4-7-21-35)38-26-10-2-3-11-27-42(41-29-16-15-28-40(38)41)43-33-37-25-14-17-31-44(37)45-32-18-30-39(43)36-23-8-5-9-24-36/h2-33H,1H2/b3-2?,10-2?,11-3?,19-12-,22-13+,26-10?,27-11?,32-18?,38-26?,39-30?,40-38?,42-27?,42-41?,43-33?/i1D,4D,5D,6D,7D,8D,9D,12D,13D,19D,20D,21D,23D,24D/b3-2?,10-2?,11-3?,19-12-,22-13+,26-10?,27-11?,32-18?,34-1?,38-26?,39-30?,40-38?,42-27?,42-41?,43-33?. The summed E-state index contributed by atoms with van der Waals surface area (Å²) in [6.07, 6.45) is 2.37. The van der Waals surface area contributed by atoms with Crippen molar-refractivity contribution < 1.29 is 23.6 Å². The Hall–Kier alpha value is -5.92. The van der Waals surface area contributed by atoms with E-state index in [0.29, 0.717) is 38.4 Å². The van der Waals surface area contributed by atoms with Crippen LogP contribution in [0.1, 0.15) is 30.3 Å². The molecule has 1 heterocycles. The molecule has 1 heteroatoms. The van der Waals surface area contributed by atoms with E-state index < -0.39 is 78.6 Å². The maximum atomic E-state index is 9.13. The van der Waals surface area contributed by atoms with Crippen molar-refractivity contribution in [1.82, 2.24) is 0 Å². The molecular weight excluding hydrogens is 544 g/mol. The molecular formula is C44H34O. The number of allylic oxidation sites excluding steroid dienone is 4. The lowest BCUT2D eigenvalue weighted by atomic mass is 9.91. The molecule has 0 aliphatic heterocycles. The highest BCUT2D eigenvalue weighted by Gasteiger charge is 2.11. The molecule has 0 N–H and O–H groups in total. The van der Waals surface area contributed by atoms with E-state index in [4.69, 9.17) is 23.6 Å². The third kappa shape index (κ3) is 7.18. The summed E-state index contributed by atoms with van der Waals surface area (Å²) in [5.41, 5.74) is 1.53. The van der Waals surface area contributed by atoms with Gasteiger partial charge in [0.1, 0.15) is 5.58 Å². The number of hydrogen-bond acceptors (Lipinski definition) is 1. The van der Waals surface area contributed by atoms with E-state index in [1.807, 2.05) is 12.1 Å². The van der Waals surface area contributed by atoms with Crippen molar-refractivity contribution in [3.63, 3.8) is 0 Å². The van der Waals surface area contributed by atoms with E-state index in [1.54, 1.807) is 91.0 Å². The van der Waals surface area contributed by atoms with Gasteiger partial charge in [0.25, 0.3) is 0 Å². The minimum atomic E-state index is -0.681. The first-order valence-corrected chi connectivity index (χ1v) is 14.0. The maximum Gasteiger partial charge on any atom is 0.133 e. The SMILES string of the molecule is [2H]C=C(/C([2H])=C([2H])\C([2H])=C\c1c([2H])c([2H])c([2H])c([2H])c1[2H])c1ccccccc(-c2cc3ccccc3occcc2-c2c([2H])c([2H])c([2H])c([2H])c2[2H])c2ccccc12. The maximum absolute atomic E-state index is 9.13. The summed E-state index contributed by atoms with van der Waals surface area (Å²) in [6.45, 7) is 0.881. The minimum Gasteiger partial charge on any atom is -0.464 e. The molecule has 216 valence electrons. The molecule has 0 unspecified atom stereocenters. The second-order valence-corrected chi connectivity index (χ2v) is 9.59. The van der Waals surface area contributed by atoms with Crippen molar-refractivity contribution in [2.24, 2.45) is 0 Å². The number of para-hydroxylation sites is 1. The quantitative estimate of drug-likeness (QED) is 0.175. The fourth-order valence-corrected chi connectivity index (χ4v) is 4.75. The first-order chi connectivity index (χ1) is 28.2. The van der Waals surface area contributed by atoms with Crippen molar-refractivity contribution in [3.05, 3.63) is 206 Å². The summed E-state index contributed by atoms with van der Waals surface area (Å²) < 4.78 is 125. The van der Waals surface area contributed by atoms with Crippen LogP contribution in [0.15, 0.2) is 199 Å². The highest BCUT2D eigenvalue weighted by molar-refractivity contribution is 6.04. The van der Waals surface area contributed by atoms with Crippen LogP contribution in [-0.2, 0) is 0 Å². The van der Waals surface area contributed by atoms with Crippen LogP contribution < -0.4 is 0 Å². The molecule has 5 aromatic carbocycles. The molecule has 1 aromatic heterocycles. The van der Waals surface area contributed by atoms with E-state index in [0.717, 1.165) is 12.6 Å². The van der Waals surface area contributed by atoms with Crippen LogP contribution in [0.5, 0.6) is 0 Å². The monoisotopic (exact) mass is 592 g/mol. The summed E-state index contributed by atoms with van der Waals surface area (Å²) in [4.78, 5) is 0. The molecule has 0 saturated heterocycles. The van der Waals surface area contributed by atoms with Gasteiger partial charge in [-0.1, -0.05) is 176 Å². The molecule has 6 aromatic rings. The van der Waals surface area contributed by atoms with E-state index in [9.17, 15) is 0 Å². The van der Waals surface area contributed by atoms with E-state index in [1.165, 1.54) is 6.26 Å². The van der Waals surface area contributed by atoms with Gasteiger partial charge < -0.3 is 4.42 Å². The second kappa shape index (κ2) is 14.5. The smallest absolute Gasteiger partial charge is 0.133 e. The molecule has 1 nitrogen and oxygen atoms in total. The molecule has 0 saturated carbocycles. The van der Waals surface area contributed by atoms with E-state index >= 15 is 0 Å². The Morgan fingerprint density at radius 1 is 0.644 bits per heavy atom. The zero-order valence-electron chi connectivity index (χ0n) is 38.0. The zero-order chi connectivity index (χ0) is 42.7. The Bertz CT molecular complexity index is 2830. The lowest BCUT2D eigenvalue weighted by Gasteiger charge is -2.12. The molecule has 0 fully saturated rings. The predicted molar refractivity (Wildman–Crippen MR) is 193 cm³/mol. The minimum absolute atomic E-state index is 0.0581. The van der Waals surface area contributed by atoms with Gasteiger partial charge in [0.15, 0.2) is 0 Å². The Morgan fingerprint density at radius 3 is 2.16 bits per heavy atom. The summed E-state index contributed by atoms with van der Waals surface area (Å²) >= 11 is 0. The van der Waals surface area contributed by atoms with Crippen molar-refractivity contribution in [2.75, 3.05) is 0 Å². The lowest BCUT2D eigenvalue weighted by molar-refractivity contribution is 0.606. The summed E-state index contributed by atoms with van der Waals surface area (Å²) in [7, 11) is 0. The van der Waals surface area contributed by atoms with Crippen molar-refractivity contribution in [3.8, 4) is 22.3 Å². The molecule has 0 bridgehead atoms. The van der Waals surface area contributed by atoms with Gasteiger partial charge in [0.05, 0.1) is 25.5 Å². The number of rotatable bonds is 6. The number of benzene rings is 4. The average molecular weight is 593 g/mol. The molecule has 0 aliphatic carbocycles. The Kier molecular flexibility index (Phi) is 5.42. The van der Waals surface area contributed by atoms with Crippen LogP contribution in [0.2, 0.25) is 0 Å². The van der Waals surface area contributed by atoms with Gasteiger partial charge >= 0.3 is 0 Å². The zero-order valence-corrected chi connectivity index (χ0v) is 24.0. The van der Waals surface area contributed by atoms with Crippen molar-refractivity contribution >= 4 is 33.4 Å². The summed E-state index contributed by atoms with van der Waals surface area (Å²) in [5.74, 6) is 0. The van der Waals surface area contributed by atoms with Gasteiger partial charge in [-0.15, -0.1) is 0 Å². The van der Waals surface area contributed by atoms with Gasteiger partial charge in [-0.05, 0) is 67.9 Å². The van der Waals surface area contributed by atoms with Crippen LogP contribution in [0.3, 0.4) is 0 Å². The normalized spacial score (nSPS) is 16.5. The first-order valence-electron chi connectivity index (χ1n) is 21.1. The Morgan fingerprint density at radius 2 is 1.33 bits per heavy atom. The molecule has 0 radical (unpaired) electrons. The molecule has 6 rings (SSSR count). The Labute approximate surface area is 285 Å². The molecule has 0 spiro atoms. The van der Waals surface area contributed by atoms with E-state index in [2.05, 4.69) is 0 Å². The predicted octanol–water partition coefficient (Wildman–Crippen LogP) is 12.5. The lowest BCUT2D eigenvalue weighted by Crippen LogP contribution is -1.87. The van der Waals surface area contributed by atoms with Crippen LogP contribution in [-0.4, -0.2) is 0 Å².